The summed E-state index contributed by atoms with van der Waals surface area (Å²) in [6.07, 6.45) is 3.19. The number of alkyl carbamates (subject to hydrolysis) is 1. The smallest absolute Gasteiger partial charge is 0.407 e. The van der Waals surface area contributed by atoms with Crippen LogP contribution >= 0.6 is 11.3 Å². The lowest BCUT2D eigenvalue weighted by Gasteiger charge is -2.13. The first-order chi connectivity index (χ1) is 15.0. The normalized spacial score (nSPS) is 14.7. The van der Waals surface area contributed by atoms with Crippen molar-refractivity contribution in [1.82, 2.24) is 10.3 Å². The number of hydrogen-bond acceptors (Lipinski definition) is 6. The summed E-state index contributed by atoms with van der Waals surface area (Å²) in [5.74, 6) is 0.586. The highest BCUT2D eigenvalue weighted by molar-refractivity contribution is 7.18. The third-order valence-electron chi connectivity index (χ3n) is 5.23. The molecule has 0 saturated carbocycles. The van der Waals surface area contributed by atoms with Crippen LogP contribution in [0.5, 0.6) is 5.75 Å². The topological polar surface area (TPSA) is 84.2 Å². The molecule has 0 aliphatic heterocycles. The summed E-state index contributed by atoms with van der Waals surface area (Å²) < 4.78 is 10.5. The Morgan fingerprint density at radius 1 is 1.32 bits per heavy atom. The van der Waals surface area contributed by atoms with E-state index in [1.165, 1.54) is 12.7 Å². The quantitative estimate of drug-likeness (QED) is 0.576. The van der Waals surface area contributed by atoms with Gasteiger partial charge in [0.15, 0.2) is 0 Å². The number of nitrogens with one attached hydrogen (secondary N) is 1. The molecule has 0 unspecified atom stereocenters. The summed E-state index contributed by atoms with van der Waals surface area (Å²) in [6, 6.07) is 13.9. The molecule has 0 fully saturated rings. The number of methoxy groups -OCH3 is 1. The third-order valence-corrected chi connectivity index (χ3v) is 6.31. The molecule has 1 heterocycles. The van der Waals surface area contributed by atoms with E-state index in [4.69, 9.17) is 9.47 Å². The lowest BCUT2D eigenvalue weighted by atomic mass is 10.0. The number of amides is 1. The molecule has 2 aromatic carbocycles. The molecular formula is C24H23N3O3S. The van der Waals surface area contributed by atoms with E-state index in [2.05, 4.69) is 28.5 Å². The number of fused-ring (bicyclic) bond motifs is 1. The zero-order valence-corrected chi connectivity index (χ0v) is 18.5. The van der Waals surface area contributed by atoms with Crippen LogP contribution in [0.15, 0.2) is 42.6 Å². The van der Waals surface area contributed by atoms with Gasteiger partial charge in [-0.2, -0.15) is 5.26 Å². The fourth-order valence-electron chi connectivity index (χ4n) is 3.88. The standard InChI is InChI=1S/C24H23N3O3S/c1-14(2)30-21-10-7-15(11-16(21)12-25)23-26-13-22(31-23)19-6-4-5-18-17(19)8-9-20(18)27-24(28)29-3/h4-7,10-11,13-14,20H,8-9H2,1-3H3,(H,27,28)/t20-/m0/s1. The number of thiazole rings is 1. The van der Waals surface area contributed by atoms with Crippen molar-refractivity contribution in [3.63, 3.8) is 0 Å². The van der Waals surface area contributed by atoms with Crippen LogP contribution in [-0.4, -0.2) is 24.3 Å². The molecule has 0 saturated heterocycles. The maximum absolute atomic E-state index is 11.7. The Hall–Kier alpha value is -3.37. The maximum atomic E-state index is 11.7. The van der Waals surface area contributed by atoms with Crippen LogP contribution in [0.25, 0.3) is 21.0 Å². The Morgan fingerprint density at radius 2 is 2.16 bits per heavy atom. The number of ether oxygens (including phenoxy) is 2. The van der Waals surface area contributed by atoms with E-state index in [0.29, 0.717) is 11.3 Å². The van der Waals surface area contributed by atoms with Gasteiger partial charge >= 0.3 is 6.09 Å². The van der Waals surface area contributed by atoms with E-state index in [0.717, 1.165) is 39.4 Å². The van der Waals surface area contributed by atoms with Gasteiger partial charge in [-0.05, 0) is 61.6 Å². The second-order valence-electron chi connectivity index (χ2n) is 7.62. The molecule has 1 aliphatic carbocycles. The number of rotatable bonds is 5. The van der Waals surface area contributed by atoms with Crippen molar-refractivity contribution >= 4 is 17.4 Å². The summed E-state index contributed by atoms with van der Waals surface area (Å²) in [7, 11) is 1.37. The summed E-state index contributed by atoms with van der Waals surface area (Å²) >= 11 is 1.59. The highest BCUT2D eigenvalue weighted by atomic mass is 32.1. The monoisotopic (exact) mass is 433 g/mol. The minimum absolute atomic E-state index is 0.00193. The van der Waals surface area contributed by atoms with Gasteiger partial charge in [-0.25, -0.2) is 9.78 Å². The number of carbonyl (C=O) groups excluding carboxylic acids is 1. The van der Waals surface area contributed by atoms with Crippen molar-refractivity contribution in [3.05, 3.63) is 59.3 Å². The number of aromatic nitrogens is 1. The molecule has 1 atom stereocenters. The van der Waals surface area contributed by atoms with E-state index >= 15 is 0 Å². The summed E-state index contributed by atoms with van der Waals surface area (Å²) in [5.41, 5.74) is 4.88. The Bertz CT molecular complexity index is 1160. The van der Waals surface area contributed by atoms with Crippen molar-refractivity contribution in [2.24, 2.45) is 0 Å². The number of carbonyl (C=O) groups is 1. The van der Waals surface area contributed by atoms with Crippen LogP contribution in [0, 0.1) is 11.3 Å². The molecule has 0 spiro atoms. The lowest BCUT2D eigenvalue weighted by Crippen LogP contribution is -2.26. The van der Waals surface area contributed by atoms with Gasteiger partial charge in [0.05, 0.1) is 29.7 Å². The van der Waals surface area contributed by atoms with Crippen molar-refractivity contribution in [2.75, 3.05) is 7.11 Å². The zero-order chi connectivity index (χ0) is 22.0. The van der Waals surface area contributed by atoms with Gasteiger partial charge in [0.2, 0.25) is 0 Å². The zero-order valence-electron chi connectivity index (χ0n) is 17.6. The van der Waals surface area contributed by atoms with Gasteiger partial charge in [0, 0.05) is 11.8 Å². The van der Waals surface area contributed by atoms with Crippen molar-refractivity contribution < 1.29 is 14.3 Å². The predicted octanol–water partition coefficient (Wildman–Crippen LogP) is 5.48. The maximum Gasteiger partial charge on any atom is 0.407 e. The van der Waals surface area contributed by atoms with Crippen LogP contribution in [0.4, 0.5) is 4.79 Å². The highest BCUT2D eigenvalue weighted by Gasteiger charge is 2.27. The van der Waals surface area contributed by atoms with Gasteiger partial charge in [0.25, 0.3) is 0 Å². The van der Waals surface area contributed by atoms with Crippen LogP contribution in [0.1, 0.15) is 43.0 Å². The molecule has 0 radical (unpaired) electrons. The van der Waals surface area contributed by atoms with Crippen molar-refractivity contribution in [2.45, 2.75) is 38.8 Å². The Labute approximate surface area is 185 Å². The van der Waals surface area contributed by atoms with E-state index in [1.54, 1.807) is 11.3 Å². The SMILES string of the molecule is COC(=O)N[C@H]1CCc2c(-c3cnc(-c4ccc(OC(C)C)c(C#N)c4)s3)cccc21. The third kappa shape index (κ3) is 4.25. The molecule has 6 nitrogen and oxygen atoms in total. The van der Waals surface area contributed by atoms with Gasteiger partial charge in [0.1, 0.15) is 16.8 Å². The predicted molar refractivity (Wildman–Crippen MR) is 120 cm³/mol. The molecule has 3 aromatic rings. The largest absolute Gasteiger partial charge is 0.490 e. The molecule has 31 heavy (non-hydrogen) atoms. The lowest BCUT2D eigenvalue weighted by molar-refractivity contribution is 0.166. The fourth-order valence-corrected chi connectivity index (χ4v) is 4.84. The first-order valence-electron chi connectivity index (χ1n) is 10.1. The van der Waals surface area contributed by atoms with Gasteiger partial charge in [-0.1, -0.05) is 18.2 Å². The average molecular weight is 434 g/mol. The number of nitrogens with zero attached hydrogens (tertiary/aromatic N) is 2. The average Bonchev–Trinajstić information content (AvgIpc) is 3.41. The Kier molecular flexibility index (Phi) is 5.92. The Morgan fingerprint density at radius 3 is 2.90 bits per heavy atom. The fraction of sp³-hybridized carbons (Fsp3) is 0.292. The molecule has 7 heteroatoms. The summed E-state index contributed by atoms with van der Waals surface area (Å²) in [5, 5.41) is 13.3. The molecule has 0 bridgehead atoms. The van der Waals surface area contributed by atoms with Gasteiger partial charge in [-0.15, -0.1) is 11.3 Å². The van der Waals surface area contributed by atoms with Crippen molar-refractivity contribution in [3.8, 4) is 32.8 Å². The van der Waals surface area contributed by atoms with Crippen LogP contribution in [0.2, 0.25) is 0 Å². The van der Waals surface area contributed by atoms with Crippen molar-refractivity contribution in [1.29, 1.82) is 5.26 Å². The number of hydrogen-bond donors (Lipinski definition) is 1. The molecule has 1 amide bonds. The second kappa shape index (κ2) is 8.78. The first-order valence-corrected chi connectivity index (χ1v) is 11.0. The van der Waals surface area contributed by atoms with E-state index in [1.807, 2.05) is 44.3 Å². The highest BCUT2D eigenvalue weighted by Crippen LogP contribution is 2.41. The number of nitriles is 1. The minimum Gasteiger partial charge on any atom is -0.490 e. The molecule has 1 N–H and O–H groups in total. The molecular weight excluding hydrogens is 410 g/mol. The van der Waals surface area contributed by atoms with E-state index in [-0.39, 0.29) is 12.1 Å². The molecule has 4 rings (SSSR count). The number of benzene rings is 2. The molecule has 1 aliphatic rings. The van der Waals surface area contributed by atoms with Crippen LogP contribution < -0.4 is 10.1 Å². The molecule has 1 aromatic heterocycles. The van der Waals surface area contributed by atoms with E-state index < -0.39 is 6.09 Å². The van der Waals surface area contributed by atoms with Crippen LogP contribution in [0.3, 0.4) is 0 Å². The first kappa shape index (κ1) is 20.9. The Balaban J connectivity index is 1.64. The summed E-state index contributed by atoms with van der Waals surface area (Å²) in [4.78, 5) is 17.3. The van der Waals surface area contributed by atoms with Gasteiger partial charge < -0.3 is 14.8 Å². The van der Waals surface area contributed by atoms with Crippen LogP contribution in [-0.2, 0) is 11.2 Å². The summed E-state index contributed by atoms with van der Waals surface area (Å²) in [6.45, 7) is 3.87. The van der Waals surface area contributed by atoms with Gasteiger partial charge in [-0.3, -0.25) is 0 Å². The molecule has 158 valence electrons. The van der Waals surface area contributed by atoms with E-state index in [9.17, 15) is 10.1 Å². The second-order valence-corrected chi connectivity index (χ2v) is 8.65. The minimum atomic E-state index is -0.415.